The van der Waals surface area contributed by atoms with Gasteiger partial charge in [0.15, 0.2) is 0 Å². The predicted octanol–water partition coefficient (Wildman–Crippen LogP) is 2.32. The summed E-state index contributed by atoms with van der Waals surface area (Å²) in [5.41, 5.74) is -1.08. The average molecular weight is 393 g/mol. The highest BCUT2D eigenvalue weighted by Gasteiger charge is 2.23. The molecule has 0 atom stereocenters. The van der Waals surface area contributed by atoms with Crippen molar-refractivity contribution in [3.05, 3.63) is 13.6 Å². The summed E-state index contributed by atoms with van der Waals surface area (Å²) in [5.74, 6) is 0. The molecule has 0 aromatic carbocycles. The number of thiophene rings is 1. The van der Waals surface area contributed by atoms with Crippen molar-refractivity contribution in [3.63, 3.8) is 0 Å². The molecule has 1 rings (SSSR count). The zero-order chi connectivity index (χ0) is 12.6. The van der Waals surface area contributed by atoms with Crippen LogP contribution in [0.3, 0.4) is 0 Å². The second kappa shape index (κ2) is 5.03. The fraction of sp³-hybridized carbons (Fsp3) is 0.500. The van der Waals surface area contributed by atoms with Crippen LogP contribution in [0, 0.1) is 0 Å². The van der Waals surface area contributed by atoms with Gasteiger partial charge in [-0.05, 0) is 51.8 Å². The fourth-order valence-electron chi connectivity index (χ4n) is 0.858. The Morgan fingerprint density at radius 1 is 1.50 bits per heavy atom. The molecule has 1 aromatic rings. The third kappa shape index (κ3) is 4.08. The number of hydrogen-bond acceptors (Lipinski definition) is 4. The molecular weight excluding hydrogens is 382 g/mol. The molecule has 0 radical (unpaired) electrons. The van der Waals surface area contributed by atoms with E-state index in [1.807, 2.05) is 0 Å². The van der Waals surface area contributed by atoms with Gasteiger partial charge in [-0.3, -0.25) is 0 Å². The molecule has 0 unspecified atom stereocenters. The van der Waals surface area contributed by atoms with E-state index in [1.54, 1.807) is 0 Å². The molecule has 1 heterocycles. The Morgan fingerprint density at radius 3 is 2.44 bits per heavy atom. The molecule has 1 aromatic heterocycles. The quantitative estimate of drug-likeness (QED) is 0.826. The highest BCUT2D eigenvalue weighted by molar-refractivity contribution is 9.12. The Morgan fingerprint density at radius 2 is 2.06 bits per heavy atom. The molecule has 0 aliphatic heterocycles. The van der Waals surface area contributed by atoms with Crippen LogP contribution in [-0.4, -0.2) is 25.7 Å². The topological polar surface area (TPSA) is 66.4 Å². The summed E-state index contributed by atoms with van der Waals surface area (Å²) in [7, 11) is -3.58. The first kappa shape index (κ1) is 14.6. The summed E-state index contributed by atoms with van der Waals surface area (Å²) in [5, 5.41) is 9.46. The van der Waals surface area contributed by atoms with Gasteiger partial charge in [-0.15, -0.1) is 11.3 Å². The molecule has 0 aliphatic rings. The summed E-state index contributed by atoms with van der Waals surface area (Å²) in [6.07, 6.45) is 0. The molecule has 8 heteroatoms. The van der Waals surface area contributed by atoms with Gasteiger partial charge in [0.1, 0.15) is 4.90 Å². The molecule has 0 fully saturated rings. The van der Waals surface area contributed by atoms with E-state index in [0.29, 0.717) is 3.79 Å². The lowest BCUT2D eigenvalue weighted by Crippen LogP contribution is -2.38. The van der Waals surface area contributed by atoms with Crippen molar-refractivity contribution in [2.45, 2.75) is 24.3 Å². The van der Waals surface area contributed by atoms with Crippen LogP contribution in [0.2, 0.25) is 0 Å². The lowest BCUT2D eigenvalue weighted by molar-refractivity contribution is 0.0857. The Hall–Kier alpha value is 0.530. The Labute approximate surface area is 115 Å². The maximum absolute atomic E-state index is 11.8. The highest BCUT2D eigenvalue weighted by atomic mass is 79.9. The smallest absolute Gasteiger partial charge is 0.242 e. The number of sulfonamides is 1. The van der Waals surface area contributed by atoms with Crippen LogP contribution >= 0.6 is 43.2 Å². The number of nitrogens with one attached hydrogen (secondary N) is 1. The van der Waals surface area contributed by atoms with Gasteiger partial charge in [0.25, 0.3) is 0 Å². The molecule has 0 spiro atoms. The summed E-state index contributed by atoms with van der Waals surface area (Å²) in [4.78, 5) is 0.175. The molecule has 4 nitrogen and oxygen atoms in total. The Bertz CT molecular complexity index is 476. The van der Waals surface area contributed by atoms with E-state index in [2.05, 4.69) is 36.6 Å². The molecule has 2 N–H and O–H groups in total. The van der Waals surface area contributed by atoms with Crippen LogP contribution in [0.4, 0.5) is 0 Å². The van der Waals surface area contributed by atoms with Crippen LogP contribution in [0.25, 0.3) is 0 Å². The van der Waals surface area contributed by atoms with Crippen molar-refractivity contribution >= 4 is 53.2 Å². The van der Waals surface area contributed by atoms with Crippen molar-refractivity contribution in [1.82, 2.24) is 4.72 Å². The van der Waals surface area contributed by atoms with Crippen molar-refractivity contribution in [2.24, 2.45) is 0 Å². The predicted molar refractivity (Wildman–Crippen MR) is 71.2 cm³/mol. The summed E-state index contributed by atoms with van der Waals surface area (Å²) < 4.78 is 27.3. The number of hydrogen-bond donors (Lipinski definition) is 2. The maximum atomic E-state index is 11.8. The highest BCUT2D eigenvalue weighted by Crippen LogP contribution is 2.34. The van der Waals surface area contributed by atoms with E-state index in [4.69, 9.17) is 0 Å². The van der Waals surface area contributed by atoms with Crippen molar-refractivity contribution in [1.29, 1.82) is 0 Å². The van der Waals surface area contributed by atoms with Gasteiger partial charge in [-0.2, -0.15) is 0 Å². The van der Waals surface area contributed by atoms with Crippen LogP contribution in [0.5, 0.6) is 0 Å². The van der Waals surface area contributed by atoms with Crippen LogP contribution in [-0.2, 0) is 10.0 Å². The SMILES string of the molecule is CC(C)(O)CNS(=O)(=O)c1cc(Br)sc1Br. The lowest BCUT2D eigenvalue weighted by atomic mass is 10.1. The molecule has 0 bridgehead atoms. The first-order valence-corrected chi connectivity index (χ1v) is 8.17. The minimum absolute atomic E-state index is 0.0325. The van der Waals surface area contributed by atoms with Gasteiger partial charge >= 0.3 is 0 Å². The van der Waals surface area contributed by atoms with Crippen LogP contribution in [0.15, 0.2) is 18.5 Å². The number of rotatable bonds is 4. The fourth-order valence-corrected chi connectivity index (χ4v) is 5.87. The standard InChI is InChI=1S/C8H11Br2NO3S2/c1-8(2,12)4-11-16(13,14)5-3-6(9)15-7(5)10/h3,11-12H,4H2,1-2H3. The lowest BCUT2D eigenvalue weighted by Gasteiger charge is -2.17. The van der Waals surface area contributed by atoms with E-state index in [1.165, 1.54) is 31.3 Å². The first-order chi connectivity index (χ1) is 7.12. The average Bonchev–Trinajstić information content (AvgIpc) is 2.42. The zero-order valence-corrected chi connectivity index (χ0v) is 13.4. The van der Waals surface area contributed by atoms with Crippen molar-refractivity contribution in [3.8, 4) is 0 Å². The van der Waals surface area contributed by atoms with E-state index in [9.17, 15) is 13.5 Å². The third-order valence-electron chi connectivity index (χ3n) is 1.61. The Balaban J connectivity index is 2.91. The van der Waals surface area contributed by atoms with Gasteiger partial charge in [0.2, 0.25) is 10.0 Å². The monoisotopic (exact) mass is 391 g/mol. The largest absolute Gasteiger partial charge is 0.389 e. The van der Waals surface area contributed by atoms with Crippen LogP contribution < -0.4 is 4.72 Å². The van der Waals surface area contributed by atoms with E-state index in [0.717, 1.165) is 3.79 Å². The van der Waals surface area contributed by atoms with Crippen LogP contribution in [0.1, 0.15) is 13.8 Å². The summed E-state index contributed by atoms with van der Waals surface area (Å²) in [6.45, 7) is 3.04. The first-order valence-electron chi connectivity index (χ1n) is 4.29. The minimum atomic E-state index is -3.58. The number of halogens is 2. The van der Waals surface area contributed by atoms with E-state index < -0.39 is 15.6 Å². The normalized spacial score (nSPS) is 13.1. The van der Waals surface area contributed by atoms with Gasteiger partial charge in [-0.1, -0.05) is 0 Å². The molecule has 0 amide bonds. The summed E-state index contributed by atoms with van der Waals surface area (Å²) in [6, 6.07) is 1.52. The molecule has 0 saturated carbocycles. The molecule has 0 saturated heterocycles. The Kier molecular flexibility index (Phi) is 4.59. The zero-order valence-electron chi connectivity index (χ0n) is 8.62. The molecule has 92 valence electrons. The van der Waals surface area contributed by atoms with Gasteiger partial charge in [-0.25, -0.2) is 13.1 Å². The van der Waals surface area contributed by atoms with Gasteiger partial charge in [0.05, 0.1) is 13.2 Å². The summed E-state index contributed by atoms with van der Waals surface area (Å²) >= 11 is 7.67. The molecule has 16 heavy (non-hydrogen) atoms. The van der Waals surface area contributed by atoms with Gasteiger partial charge < -0.3 is 5.11 Å². The van der Waals surface area contributed by atoms with Gasteiger partial charge in [0, 0.05) is 6.54 Å². The minimum Gasteiger partial charge on any atom is -0.389 e. The maximum Gasteiger partial charge on any atom is 0.242 e. The second-order valence-corrected chi connectivity index (χ2v) is 9.31. The van der Waals surface area contributed by atoms with E-state index >= 15 is 0 Å². The van der Waals surface area contributed by atoms with E-state index in [-0.39, 0.29) is 11.4 Å². The van der Waals surface area contributed by atoms with Crippen molar-refractivity contribution < 1.29 is 13.5 Å². The third-order valence-corrected chi connectivity index (χ3v) is 5.77. The molecular formula is C8H11Br2NO3S2. The molecule has 0 aliphatic carbocycles. The van der Waals surface area contributed by atoms with Crippen molar-refractivity contribution in [2.75, 3.05) is 6.54 Å². The second-order valence-electron chi connectivity index (χ2n) is 3.83. The number of aliphatic hydroxyl groups is 1.